The summed E-state index contributed by atoms with van der Waals surface area (Å²) in [7, 11) is 0. The first-order valence-electron chi connectivity index (χ1n) is 7.94. The molecule has 0 spiro atoms. The first-order valence-corrected chi connectivity index (χ1v) is 7.94. The molecule has 2 N–H and O–H groups in total. The Morgan fingerprint density at radius 1 is 1.14 bits per heavy atom. The summed E-state index contributed by atoms with van der Waals surface area (Å²) in [6, 6.07) is 10.2. The van der Waals surface area contributed by atoms with Gasteiger partial charge in [-0.1, -0.05) is 51.1 Å². The number of carbonyl (C=O) groups excluding carboxylic acids is 1. The van der Waals surface area contributed by atoms with Gasteiger partial charge in [-0.05, 0) is 36.8 Å². The lowest BCUT2D eigenvalue weighted by molar-refractivity contribution is -0.132. The molecule has 126 valence electrons. The normalized spacial score (nSPS) is 10.9. The number of nitrogens with two attached hydrogens (primary N) is 1. The fraction of sp³-hybridized carbons (Fsp3) is 0.611. The second-order valence-corrected chi connectivity index (χ2v) is 6.86. The van der Waals surface area contributed by atoms with Gasteiger partial charge in [0.15, 0.2) is 0 Å². The molecule has 0 aliphatic carbocycles. The molecule has 0 unspecified atom stereocenters. The molecule has 0 bridgehead atoms. The monoisotopic (exact) mass is 326 g/mol. The van der Waals surface area contributed by atoms with Gasteiger partial charge in [0.1, 0.15) is 0 Å². The van der Waals surface area contributed by atoms with Crippen LogP contribution in [0.5, 0.6) is 0 Å². The van der Waals surface area contributed by atoms with Crippen molar-refractivity contribution in [3.05, 3.63) is 35.9 Å². The van der Waals surface area contributed by atoms with Crippen LogP contribution in [0.15, 0.2) is 30.3 Å². The summed E-state index contributed by atoms with van der Waals surface area (Å²) in [5, 5.41) is 0. The maximum Gasteiger partial charge on any atom is 0.222 e. The van der Waals surface area contributed by atoms with Gasteiger partial charge in [0.2, 0.25) is 5.91 Å². The van der Waals surface area contributed by atoms with E-state index < -0.39 is 0 Å². The molecule has 0 aromatic heterocycles. The quantitative estimate of drug-likeness (QED) is 0.784. The summed E-state index contributed by atoms with van der Waals surface area (Å²) in [6.07, 6.45) is 3.53. The van der Waals surface area contributed by atoms with Gasteiger partial charge in [-0.25, -0.2) is 0 Å². The fourth-order valence-corrected chi connectivity index (χ4v) is 2.31. The van der Waals surface area contributed by atoms with Gasteiger partial charge < -0.3 is 10.6 Å². The van der Waals surface area contributed by atoms with Crippen molar-refractivity contribution in [3.8, 4) is 0 Å². The van der Waals surface area contributed by atoms with Gasteiger partial charge in [-0.15, -0.1) is 12.4 Å². The van der Waals surface area contributed by atoms with E-state index in [0.29, 0.717) is 24.9 Å². The number of benzene rings is 1. The molecule has 1 rings (SSSR count). The predicted octanol–water partition coefficient (Wildman–Crippen LogP) is 4.00. The molecule has 0 saturated carbocycles. The number of halogens is 1. The third-order valence-electron chi connectivity index (χ3n) is 3.52. The predicted molar refractivity (Wildman–Crippen MR) is 96.1 cm³/mol. The number of carbonyl (C=O) groups is 1. The molecule has 22 heavy (non-hydrogen) atoms. The van der Waals surface area contributed by atoms with Crippen molar-refractivity contribution in [1.29, 1.82) is 0 Å². The number of nitrogens with zero attached hydrogens (tertiary/aromatic N) is 1. The minimum atomic E-state index is 0. The fourth-order valence-electron chi connectivity index (χ4n) is 2.31. The highest BCUT2D eigenvalue weighted by molar-refractivity contribution is 5.85. The first-order chi connectivity index (χ1) is 9.92. The molecule has 0 atom stereocenters. The summed E-state index contributed by atoms with van der Waals surface area (Å²) < 4.78 is 0. The third-order valence-corrected chi connectivity index (χ3v) is 3.52. The average Bonchev–Trinajstić information content (AvgIpc) is 2.43. The lowest BCUT2D eigenvalue weighted by Crippen LogP contribution is -2.32. The van der Waals surface area contributed by atoms with Gasteiger partial charge in [-0.3, -0.25) is 4.79 Å². The van der Waals surface area contributed by atoms with Crippen LogP contribution in [0.1, 0.15) is 52.0 Å². The number of amides is 1. The Labute approximate surface area is 141 Å². The number of hydrogen-bond acceptors (Lipinski definition) is 2. The minimum absolute atomic E-state index is 0. The van der Waals surface area contributed by atoms with E-state index in [9.17, 15) is 4.79 Å². The van der Waals surface area contributed by atoms with Gasteiger partial charge in [0, 0.05) is 19.5 Å². The molecule has 0 aliphatic rings. The van der Waals surface area contributed by atoms with Crippen LogP contribution in [-0.4, -0.2) is 23.9 Å². The maximum absolute atomic E-state index is 12.4. The smallest absolute Gasteiger partial charge is 0.222 e. The highest BCUT2D eigenvalue weighted by atomic mass is 35.5. The zero-order valence-corrected chi connectivity index (χ0v) is 15.0. The van der Waals surface area contributed by atoms with E-state index in [2.05, 4.69) is 32.9 Å². The van der Waals surface area contributed by atoms with Crippen LogP contribution in [-0.2, 0) is 11.3 Å². The summed E-state index contributed by atoms with van der Waals surface area (Å²) in [4.78, 5) is 14.4. The standard InChI is InChI=1S/C18H30N2O.ClH/c1-18(2,3)12-7-11-17(21)20(14-8-13-19)15-16-9-5-4-6-10-16;/h4-6,9-10H,7-8,11-15,19H2,1-3H3;1H. The van der Waals surface area contributed by atoms with Crippen molar-refractivity contribution >= 4 is 18.3 Å². The van der Waals surface area contributed by atoms with E-state index in [1.54, 1.807) is 0 Å². The van der Waals surface area contributed by atoms with Crippen LogP contribution < -0.4 is 5.73 Å². The highest BCUT2D eigenvalue weighted by Gasteiger charge is 2.15. The van der Waals surface area contributed by atoms with Gasteiger partial charge >= 0.3 is 0 Å². The van der Waals surface area contributed by atoms with E-state index in [0.717, 1.165) is 25.8 Å². The van der Waals surface area contributed by atoms with Crippen LogP contribution in [0.25, 0.3) is 0 Å². The molecule has 0 radical (unpaired) electrons. The van der Waals surface area contributed by atoms with Crippen LogP contribution in [0.3, 0.4) is 0 Å². The van der Waals surface area contributed by atoms with Crippen LogP contribution in [0.2, 0.25) is 0 Å². The van der Waals surface area contributed by atoms with Crippen LogP contribution in [0.4, 0.5) is 0 Å². The maximum atomic E-state index is 12.4. The topological polar surface area (TPSA) is 46.3 Å². The van der Waals surface area contributed by atoms with Crippen LogP contribution >= 0.6 is 12.4 Å². The Hall–Kier alpha value is -1.06. The molecule has 1 amide bonds. The molecular weight excluding hydrogens is 296 g/mol. The molecular formula is C18H31ClN2O. The molecule has 1 aromatic rings. The molecule has 0 aliphatic heterocycles. The summed E-state index contributed by atoms with van der Waals surface area (Å²) in [5.41, 5.74) is 7.06. The van der Waals surface area contributed by atoms with Gasteiger partial charge in [0.25, 0.3) is 0 Å². The highest BCUT2D eigenvalue weighted by Crippen LogP contribution is 2.22. The Morgan fingerprint density at radius 2 is 1.77 bits per heavy atom. The zero-order chi connectivity index (χ0) is 15.7. The SMILES string of the molecule is CC(C)(C)CCCC(=O)N(CCCN)Cc1ccccc1.Cl. The number of rotatable bonds is 8. The van der Waals surface area contributed by atoms with Gasteiger partial charge in [0.05, 0.1) is 0 Å². The molecule has 4 heteroatoms. The van der Waals surface area contributed by atoms with E-state index >= 15 is 0 Å². The molecule has 1 aromatic carbocycles. The van der Waals surface area contributed by atoms with Crippen LogP contribution in [0, 0.1) is 5.41 Å². The van der Waals surface area contributed by atoms with Gasteiger partial charge in [-0.2, -0.15) is 0 Å². The van der Waals surface area contributed by atoms with Crippen molar-refractivity contribution < 1.29 is 4.79 Å². The summed E-state index contributed by atoms with van der Waals surface area (Å²) >= 11 is 0. The average molecular weight is 327 g/mol. The zero-order valence-electron chi connectivity index (χ0n) is 14.2. The third kappa shape index (κ3) is 9.06. The minimum Gasteiger partial charge on any atom is -0.338 e. The Morgan fingerprint density at radius 3 is 2.32 bits per heavy atom. The molecule has 0 saturated heterocycles. The Bertz CT molecular complexity index is 415. The van der Waals surface area contributed by atoms with E-state index in [-0.39, 0.29) is 18.3 Å². The first kappa shape index (κ1) is 20.9. The summed E-state index contributed by atoms with van der Waals surface area (Å²) in [6.45, 7) is 8.71. The van der Waals surface area contributed by atoms with Crippen molar-refractivity contribution in [2.45, 2.75) is 53.0 Å². The van der Waals surface area contributed by atoms with E-state index in [1.165, 1.54) is 5.56 Å². The second-order valence-electron chi connectivity index (χ2n) is 6.86. The lowest BCUT2D eigenvalue weighted by atomic mass is 9.90. The second kappa shape index (κ2) is 10.6. The van der Waals surface area contributed by atoms with Crippen molar-refractivity contribution in [3.63, 3.8) is 0 Å². The van der Waals surface area contributed by atoms with E-state index in [4.69, 9.17) is 5.73 Å². The lowest BCUT2D eigenvalue weighted by Gasteiger charge is -2.24. The van der Waals surface area contributed by atoms with Crippen molar-refractivity contribution in [1.82, 2.24) is 4.90 Å². The number of hydrogen-bond donors (Lipinski definition) is 1. The molecule has 3 nitrogen and oxygen atoms in total. The summed E-state index contributed by atoms with van der Waals surface area (Å²) in [5.74, 6) is 0.247. The van der Waals surface area contributed by atoms with E-state index in [1.807, 2.05) is 23.1 Å². The Balaban J connectivity index is 0.00000441. The van der Waals surface area contributed by atoms with Crippen molar-refractivity contribution in [2.75, 3.05) is 13.1 Å². The van der Waals surface area contributed by atoms with Crippen molar-refractivity contribution in [2.24, 2.45) is 11.1 Å². The largest absolute Gasteiger partial charge is 0.338 e. The molecule has 0 heterocycles. The Kier molecular flexibility index (Phi) is 10.1. The molecule has 0 fully saturated rings.